The molecule has 1 saturated carbocycles. The van der Waals surface area contributed by atoms with E-state index in [0.717, 1.165) is 60.9 Å². The molecule has 36 heavy (non-hydrogen) atoms. The number of aryl methyl sites for hydroxylation is 1. The number of piperidine rings is 1. The van der Waals surface area contributed by atoms with Crippen LogP contribution < -0.4 is 4.74 Å². The normalized spacial score (nSPS) is 24.2. The number of aliphatic hydroxyl groups excluding tert-OH is 1. The van der Waals surface area contributed by atoms with Gasteiger partial charge < -0.3 is 28.9 Å². The third-order valence-corrected chi connectivity index (χ3v) is 9.13. The lowest BCUT2D eigenvalue weighted by molar-refractivity contribution is -0.146. The van der Waals surface area contributed by atoms with Gasteiger partial charge in [-0.1, -0.05) is 0 Å². The van der Waals surface area contributed by atoms with Crippen LogP contribution in [0.15, 0.2) is 18.2 Å². The third-order valence-electron chi connectivity index (χ3n) is 9.13. The van der Waals surface area contributed by atoms with Crippen LogP contribution in [0.5, 0.6) is 5.75 Å². The zero-order chi connectivity index (χ0) is 25.0. The van der Waals surface area contributed by atoms with E-state index in [1.165, 1.54) is 5.56 Å². The molecule has 194 valence electrons. The number of carbonyl (C=O) groups is 2. The summed E-state index contributed by atoms with van der Waals surface area (Å²) in [6.07, 6.45) is 5.12. The second-order valence-electron chi connectivity index (χ2n) is 11.1. The Morgan fingerprint density at radius 1 is 1.08 bits per heavy atom. The van der Waals surface area contributed by atoms with Gasteiger partial charge in [0.1, 0.15) is 5.75 Å². The van der Waals surface area contributed by atoms with E-state index in [0.29, 0.717) is 38.8 Å². The van der Waals surface area contributed by atoms with E-state index in [9.17, 15) is 14.7 Å². The molecule has 0 unspecified atom stereocenters. The molecule has 6 rings (SSSR count). The van der Waals surface area contributed by atoms with Crippen molar-refractivity contribution in [2.45, 2.75) is 50.0 Å². The second-order valence-corrected chi connectivity index (χ2v) is 11.1. The van der Waals surface area contributed by atoms with Crippen molar-refractivity contribution in [3.63, 3.8) is 0 Å². The van der Waals surface area contributed by atoms with E-state index >= 15 is 0 Å². The zero-order valence-electron chi connectivity index (χ0n) is 21.4. The first-order valence-electron chi connectivity index (χ1n) is 13.4. The molecule has 1 atom stereocenters. The highest BCUT2D eigenvalue weighted by Gasteiger charge is 2.51. The first kappa shape index (κ1) is 23.8. The monoisotopic (exact) mass is 495 g/mol. The van der Waals surface area contributed by atoms with Crippen molar-refractivity contribution in [1.29, 1.82) is 0 Å². The number of rotatable bonds is 4. The number of benzene rings is 1. The molecular weight excluding hydrogens is 458 g/mol. The first-order chi connectivity index (χ1) is 17.5. The van der Waals surface area contributed by atoms with Gasteiger partial charge in [0, 0.05) is 74.3 Å². The number of hydrogen-bond acceptors (Lipinski definition) is 5. The molecule has 4 heterocycles. The smallest absolute Gasteiger partial charge is 0.226 e. The Labute approximate surface area is 212 Å². The van der Waals surface area contributed by atoms with Gasteiger partial charge in [-0.25, -0.2) is 0 Å². The molecule has 1 aromatic carbocycles. The minimum atomic E-state index is -0.393. The summed E-state index contributed by atoms with van der Waals surface area (Å²) < 4.78 is 13.2. The maximum atomic E-state index is 13.9. The molecular formula is C28H37N3O5. The molecule has 2 aromatic rings. The summed E-state index contributed by atoms with van der Waals surface area (Å²) in [5.74, 6) is 1.36. The van der Waals surface area contributed by atoms with Crippen LogP contribution in [-0.4, -0.2) is 77.9 Å². The SMILES string of the molecule is COc1ccc2c3c(n(C)c2c1)[C@@H](CO)N(C(=O)C1CCOCC1)CC31CCN(C(=O)C2CC2)CC1. The summed E-state index contributed by atoms with van der Waals surface area (Å²) in [5.41, 5.74) is 3.07. The summed E-state index contributed by atoms with van der Waals surface area (Å²) >= 11 is 0. The minimum Gasteiger partial charge on any atom is -0.497 e. The van der Waals surface area contributed by atoms with E-state index in [1.54, 1.807) is 7.11 Å². The van der Waals surface area contributed by atoms with Gasteiger partial charge in [-0.05, 0) is 56.2 Å². The second kappa shape index (κ2) is 9.06. The summed E-state index contributed by atoms with van der Waals surface area (Å²) in [6, 6.07) is 5.78. The average molecular weight is 496 g/mol. The Morgan fingerprint density at radius 2 is 1.78 bits per heavy atom. The van der Waals surface area contributed by atoms with Gasteiger partial charge in [-0.3, -0.25) is 9.59 Å². The van der Waals surface area contributed by atoms with Crippen LogP contribution in [0.1, 0.15) is 55.8 Å². The van der Waals surface area contributed by atoms with Crippen LogP contribution in [0.2, 0.25) is 0 Å². The molecule has 1 aromatic heterocycles. The minimum absolute atomic E-state index is 0.0716. The topological polar surface area (TPSA) is 84.2 Å². The molecule has 4 aliphatic rings. The highest BCUT2D eigenvalue weighted by molar-refractivity contribution is 5.90. The number of ether oxygens (including phenoxy) is 2. The molecule has 1 aliphatic carbocycles. The van der Waals surface area contributed by atoms with Crippen molar-refractivity contribution < 1.29 is 24.2 Å². The van der Waals surface area contributed by atoms with Gasteiger partial charge in [0.25, 0.3) is 0 Å². The number of methoxy groups -OCH3 is 1. The van der Waals surface area contributed by atoms with E-state index in [4.69, 9.17) is 9.47 Å². The van der Waals surface area contributed by atoms with Gasteiger partial charge in [-0.15, -0.1) is 0 Å². The first-order valence-corrected chi connectivity index (χ1v) is 13.4. The lowest BCUT2D eigenvalue weighted by atomic mass is 9.68. The predicted molar refractivity (Wildman–Crippen MR) is 135 cm³/mol. The van der Waals surface area contributed by atoms with Crippen LogP contribution in [0.3, 0.4) is 0 Å². The van der Waals surface area contributed by atoms with Gasteiger partial charge >= 0.3 is 0 Å². The summed E-state index contributed by atoms with van der Waals surface area (Å²) in [6.45, 7) is 3.10. The lowest BCUT2D eigenvalue weighted by Gasteiger charge is -2.51. The third kappa shape index (κ3) is 3.72. The van der Waals surface area contributed by atoms with Crippen LogP contribution in [0.25, 0.3) is 10.9 Å². The van der Waals surface area contributed by atoms with Crippen LogP contribution >= 0.6 is 0 Å². The molecule has 2 saturated heterocycles. The lowest BCUT2D eigenvalue weighted by Crippen LogP contribution is -2.57. The molecule has 8 nitrogen and oxygen atoms in total. The Balaban J connectivity index is 1.45. The number of carbonyl (C=O) groups excluding carboxylic acids is 2. The van der Waals surface area contributed by atoms with Gasteiger partial charge in [0.15, 0.2) is 0 Å². The molecule has 8 heteroatoms. The zero-order valence-corrected chi connectivity index (χ0v) is 21.4. The molecule has 0 bridgehead atoms. The summed E-state index contributed by atoms with van der Waals surface area (Å²) in [7, 11) is 3.70. The molecule has 1 N–H and O–H groups in total. The van der Waals surface area contributed by atoms with Crippen molar-refractivity contribution in [1.82, 2.24) is 14.4 Å². The fourth-order valence-corrected chi connectivity index (χ4v) is 6.92. The number of amides is 2. The molecule has 2 amide bonds. The number of aliphatic hydroxyl groups is 1. The molecule has 1 spiro atoms. The standard InChI is InChI=1S/C28H37N3O5/c1-29-22-15-20(35-2)5-6-21(22)24-25(29)23(16-32)31(27(34)19-7-13-36-14-8-19)17-28(24)9-11-30(12-10-28)26(33)18-3-4-18/h5-6,15,18-19,23,32H,3-4,7-14,16-17H2,1-2H3/t23-/m1/s1. The van der Waals surface area contributed by atoms with Gasteiger partial charge in [-0.2, -0.15) is 0 Å². The predicted octanol–water partition coefficient (Wildman–Crippen LogP) is 2.76. The molecule has 3 aliphatic heterocycles. The van der Waals surface area contributed by atoms with E-state index < -0.39 is 6.04 Å². The van der Waals surface area contributed by atoms with Crippen LogP contribution in [0.4, 0.5) is 0 Å². The van der Waals surface area contributed by atoms with Gasteiger partial charge in [0.05, 0.1) is 25.3 Å². The van der Waals surface area contributed by atoms with Crippen molar-refractivity contribution in [3.8, 4) is 5.75 Å². The average Bonchev–Trinajstić information content (AvgIpc) is 3.73. The molecule has 3 fully saturated rings. The van der Waals surface area contributed by atoms with Crippen molar-refractivity contribution in [3.05, 3.63) is 29.5 Å². The van der Waals surface area contributed by atoms with Crippen molar-refractivity contribution >= 4 is 22.7 Å². The number of fused-ring (bicyclic) bond motifs is 4. The quantitative estimate of drug-likeness (QED) is 0.705. The highest BCUT2D eigenvalue weighted by atomic mass is 16.5. The number of nitrogens with zero attached hydrogens (tertiary/aromatic N) is 3. The van der Waals surface area contributed by atoms with Crippen molar-refractivity contribution in [2.24, 2.45) is 18.9 Å². The van der Waals surface area contributed by atoms with Gasteiger partial charge in [0.2, 0.25) is 11.8 Å². The summed E-state index contributed by atoms with van der Waals surface area (Å²) in [4.78, 5) is 30.8. The highest BCUT2D eigenvalue weighted by Crippen LogP contribution is 2.51. The summed E-state index contributed by atoms with van der Waals surface area (Å²) in [5, 5.41) is 11.8. The Morgan fingerprint density at radius 3 is 2.42 bits per heavy atom. The van der Waals surface area contributed by atoms with Crippen LogP contribution in [-0.2, 0) is 26.8 Å². The fraction of sp³-hybridized carbons (Fsp3) is 0.643. The number of likely N-dealkylation sites (tertiary alicyclic amines) is 1. The number of hydrogen-bond donors (Lipinski definition) is 1. The maximum Gasteiger partial charge on any atom is 0.226 e. The fourth-order valence-electron chi connectivity index (χ4n) is 6.92. The Hall–Kier alpha value is -2.58. The van der Waals surface area contributed by atoms with E-state index in [-0.39, 0.29) is 29.8 Å². The Bertz CT molecular complexity index is 1170. The van der Waals surface area contributed by atoms with Crippen LogP contribution in [0, 0.1) is 11.8 Å². The van der Waals surface area contributed by atoms with E-state index in [1.807, 2.05) is 29.0 Å². The van der Waals surface area contributed by atoms with Crippen molar-refractivity contribution in [2.75, 3.05) is 46.6 Å². The Kier molecular flexibility index (Phi) is 5.99. The largest absolute Gasteiger partial charge is 0.497 e. The van der Waals surface area contributed by atoms with E-state index in [2.05, 4.69) is 10.6 Å². The molecule has 0 radical (unpaired) electrons. The number of aromatic nitrogens is 1. The maximum absolute atomic E-state index is 13.9.